The second-order valence-corrected chi connectivity index (χ2v) is 14.8. The molecule has 3 heterocycles. The fourth-order valence-corrected chi connectivity index (χ4v) is 9.10. The van der Waals surface area contributed by atoms with Gasteiger partial charge in [-0.25, -0.2) is 15.0 Å². The fourth-order valence-electron chi connectivity index (χ4n) is 9.10. The van der Waals surface area contributed by atoms with Gasteiger partial charge < -0.3 is 9.13 Å². The van der Waals surface area contributed by atoms with E-state index in [1.165, 1.54) is 10.8 Å². The molecule has 9 aromatic carbocycles. The monoisotopic (exact) mass is 739 g/mol. The standard InChI is InChI=1S/C53H33N5/c1-3-18-35(19-4-1)57-45-29-13-11-25-40(45)49-42(27-15-31-47(49)57)51-54-52(56-53(55-51)44-33-34-17-7-8-22-37(34)38-23-9-10-24-39(38)44)43-28-16-32-48-50(43)41-26-12-14-30-46(41)58(48)36-20-5-2-6-21-36/h1-33H. The Morgan fingerprint density at radius 2 is 0.672 bits per heavy atom. The molecule has 0 fully saturated rings. The molecular weight excluding hydrogens is 707 g/mol. The van der Waals surface area contributed by atoms with Gasteiger partial charge in [0, 0.05) is 49.6 Å². The fraction of sp³-hybridized carbons (Fsp3) is 0. The van der Waals surface area contributed by atoms with Crippen LogP contribution in [-0.2, 0) is 0 Å². The first kappa shape index (κ1) is 32.4. The SMILES string of the molecule is c1ccc(-n2c3ccccc3c3c(-c4nc(-c5cc6ccccc6c6ccccc56)nc(-c5cccc6c5c5ccccc5n6-c5ccccc5)n4)cccc32)cc1. The molecular formula is C53H33N5. The van der Waals surface area contributed by atoms with Crippen molar-refractivity contribution in [3.63, 3.8) is 0 Å². The molecule has 0 spiro atoms. The lowest BCUT2D eigenvalue weighted by Crippen LogP contribution is -2.01. The lowest BCUT2D eigenvalue weighted by molar-refractivity contribution is 1.08. The maximum absolute atomic E-state index is 5.48. The minimum absolute atomic E-state index is 0.627. The quantitative estimate of drug-likeness (QED) is 0.165. The molecule has 3 aromatic heterocycles. The van der Waals surface area contributed by atoms with Crippen molar-refractivity contribution < 1.29 is 0 Å². The molecule has 58 heavy (non-hydrogen) atoms. The number of nitrogens with zero attached hydrogens (tertiary/aromatic N) is 5. The number of aromatic nitrogens is 5. The molecule has 0 aliphatic rings. The second-order valence-electron chi connectivity index (χ2n) is 14.8. The largest absolute Gasteiger partial charge is 0.309 e. The van der Waals surface area contributed by atoms with Crippen LogP contribution in [0.2, 0.25) is 0 Å². The molecule has 5 nitrogen and oxygen atoms in total. The first-order valence-corrected chi connectivity index (χ1v) is 19.6. The van der Waals surface area contributed by atoms with E-state index in [0.29, 0.717) is 17.5 Å². The summed E-state index contributed by atoms with van der Waals surface area (Å²) in [5, 5.41) is 9.10. The van der Waals surface area contributed by atoms with Crippen molar-refractivity contribution in [1.82, 2.24) is 24.1 Å². The molecule has 0 radical (unpaired) electrons. The van der Waals surface area contributed by atoms with Gasteiger partial charge in [0.2, 0.25) is 0 Å². The summed E-state index contributed by atoms with van der Waals surface area (Å²) in [6.07, 6.45) is 0. The van der Waals surface area contributed by atoms with Gasteiger partial charge in [-0.3, -0.25) is 0 Å². The van der Waals surface area contributed by atoms with E-state index in [2.05, 4.69) is 209 Å². The van der Waals surface area contributed by atoms with Gasteiger partial charge in [0.15, 0.2) is 17.5 Å². The Bertz CT molecular complexity index is 3390. The number of benzene rings is 9. The van der Waals surface area contributed by atoms with Crippen LogP contribution >= 0.6 is 0 Å². The molecule has 0 unspecified atom stereocenters. The summed E-state index contributed by atoms with van der Waals surface area (Å²) in [5.74, 6) is 1.89. The van der Waals surface area contributed by atoms with Crippen LogP contribution in [-0.4, -0.2) is 24.1 Å². The number of hydrogen-bond acceptors (Lipinski definition) is 3. The Morgan fingerprint density at radius 1 is 0.276 bits per heavy atom. The van der Waals surface area contributed by atoms with Gasteiger partial charge in [-0.05, 0) is 76.1 Å². The maximum Gasteiger partial charge on any atom is 0.164 e. The van der Waals surface area contributed by atoms with Gasteiger partial charge in [-0.15, -0.1) is 0 Å². The van der Waals surface area contributed by atoms with Crippen molar-refractivity contribution in [2.24, 2.45) is 0 Å². The first-order chi connectivity index (χ1) is 28.8. The number of para-hydroxylation sites is 4. The van der Waals surface area contributed by atoms with Gasteiger partial charge in [0.1, 0.15) is 0 Å². The molecule has 12 rings (SSSR count). The first-order valence-electron chi connectivity index (χ1n) is 19.6. The third-order valence-electron chi connectivity index (χ3n) is 11.6. The van der Waals surface area contributed by atoms with E-state index in [1.54, 1.807) is 0 Å². The van der Waals surface area contributed by atoms with E-state index in [0.717, 1.165) is 82.4 Å². The summed E-state index contributed by atoms with van der Waals surface area (Å²) in [7, 11) is 0. The molecule has 0 atom stereocenters. The van der Waals surface area contributed by atoms with E-state index in [9.17, 15) is 0 Å². The molecule has 0 amide bonds. The van der Waals surface area contributed by atoms with E-state index < -0.39 is 0 Å². The zero-order valence-electron chi connectivity index (χ0n) is 31.3. The van der Waals surface area contributed by atoms with Gasteiger partial charge in [0.05, 0.1) is 22.1 Å². The maximum atomic E-state index is 5.48. The summed E-state index contributed by atoms with van der Waals surface area (Å²) in [5.41, 5.74) is 9.54. The molecule has 12 aromatic rings. The minimum Gasteiger partial charge on any atom is -0.309 e. The Kier molecular flexibility index (Phi) is 7.16. The van der Waals surface area contributed by atoms with Crippen molar-refractivity contribution in [3.05, 3.63) is 200 Å². The summed E-state index contributed by atoms with van der Waals surface area (Å²) < 4.78 is 4.68. The molecule has 0 bridgehead atoms. The number of fused-ring (bicyclic) bond motifs is 9. The topological polar surface area (TPSA) is 48.5 Å². The molecule has 270 valence electrons. The van der Waals surface area contributed by atoms with Crippen LogP contribution in [0.25, 0.3) is 111 Å². The van der Waals surface area contributed by atoms with Crippen molar-refractivity contribution in [1.29, 1.82) is 0 Å². The Hall–Kier alpha value is -7.89. The molecule has 0 aliphatic carbocycles. The third kappa shape index (κ3) is 4.87. The van der Waals surface area contributed by atoms with Crippen LogP contribution in [0.1, 0.15) is 0 Å². The molecule has 0 saturated heterocycles. The molecule has 0 N–H and O–H groups in total. The van der Waals surface area contributed by atoms with Gasteiger partial charge in [-0.1, -0.05) is 146 Å². The molecule has 0 saturated carbocycles. The normalized spacial score (nSPS) is 11.8. The summed E-state index contributed by atoms with van der Waals surface area (Å²) in [6.45, 7) is 0. The van der Waals surface area contributed by atoms with Gasteiger partial charge in [0.25, 0.3) is 0 Å². The Balaban J connectivity index is 1.20. The summed E-state index contributed by atoms with van der Waals surface area (Å²) in [4.78, 5) is 16.4. The third-order valence-corrected chi connectivity index (χ3v) is 11.6. The zero-order valence-corrected chi connectivity index (χ0v) is 31.3. The summed E-state index contributed by atoms with van der Waals surface area (Å²) >= 11 is 0. The van der Waals surface area contributed by atoms with Crippen molar-refractivity contribution in [3.8, 4) is 45.5 Å². The average molecular weight is 740 g/mol. The highest BCUT2D eigenvalue weighted by Gasteiger charge is 2.23. The lowest BCUT2D eigenvalue weighted by atomic mass is 9.96. The molecule has 5 heteroatoms. The van der Waals surface area contributed by atoms with Crippen LogP contribution in [0, 0.1) is 0 Å². The van der Waals surface area contributed by atoms with Crippen molar-refractivity contribution in [2.75, 3.05) is 0 Å². The van der Waals surface area contributed by atoms with Crippen molar-refractivity contribution in [2.45, 2.75) is 0 Å². The summed E-state index contributed by atoms with van der Waals surface area (Å²) in [6, 6.07) is 70.7. The van der Waals surface area contributed by atoms with Gasteiger partial charge in [-0.2, -0.15) is 0 Å². The lowest BCUT2D eigenvalue weighted by Gasteiger charge is -2.14. The number of hydrogen-bond donors (Lipinski definition) is 0. The smallest absolute Gasteiger partial charge is 0.164 e. The zero-order chi connectivity index (χ0) is 38.2. The Morgan fingerprint density at radius 3 is 1.21 bits per heavy atom. The average Bonchev–Trinajstić information content (AvgIpc) is 3.82. The van der Waals surface area contributed by atoms with Crippen molar-refractivity contribution >= 4 is 65.2 Å². The highest BCUT2D eigenvalue weighted by atomic mass is 15.0. The van der Waals surface area contributed by atoms with E-state index >= 15 is 0 Å². The highest BCUT2D eigenvalue weighted by Crippen LogP contribution is 2.42. The van der Waals surface area contributed by atoms with Gasteiger partial charge >= 0.3 is 0 Å². The van der Waals surface area contributed by atoms with Crippen LogP contribution in [0.3, 0.4) is 0 Å². The van der Waals surface area contributed by atoms with E-state index in [-0.39, 0.29) is 0 Å². The van der Waals surface area contributed by atoms with E-state index in [4.69, 9.17) is 15.0 Å². The number of rotatable bonds is 5. The predicted octanol–water partition coefficient (Wildman–Crippen LogP) is 13.4. The minimum atomic E-state index is 0.627. The highest BCUT2D eigenvalue weighted by molar-refractivity contribution is 6.17. The second kappa shape index (κ2) is 12.8. The van der Waals surface area contributed by atoms with E-state index in [1.807, 2.05) is 0 Å². The predicted molar refractivity (Wildman–Crippen MR) is 240 cm³/mol. The molecule has 0 aliphatic heterocycles. The van der Waals surface area contributed by atoms with Crippen LogP contribution in [0.15, 0.2) is 200 Å². The van der Waals surface area contributed by atoms with Crippen LogP contribution in [0.5, 0.6) is 0 Å². The van der Waals surface area contributed by atoms with Crippen LogP contribution in [0.4, 0.5) is 0 Å². The van der Waals surface area contributed by atoms with Crippen LogP contribution < -0.4 is 0 Å². The Labute approximate surface area is 333 Å².